The van der Waals surface area contributed by atoms with Crippen molar-refractivity contribution >= 4 is 32.1 Å². The standard InChI is InChI=1S/C11H16N4O3S2/c1-7-6-14(3-2-8(7)16)20(17,18)10-9(12)13-11-15(10)4-5-19-11/h4-5,7-8,16H,2-3,6,12H2,1H3. The van der Waals surface area contributed by atoms with Crippen molar-refractivity contribution in [2.75, 3.05) is 18.8 Å². The van der Waals surface area contributed by atoms with Gasteiger partial charge in [-0.25, -0.2) is 13.4 Å². The van der Waals surface area contributed by atoms with Crippen molar-refractivity contribution in [3.8, 4) is 0 Å². The minimum Gasteiger partial charge on any atom is -0.393 e. The Hall–Kier alpha value is -1.16. The lowest BCUT2D eigenvalue weighted by molar-refractivity contribution is 0.0628. The molecule has 1 fully saturated rings. The monoisotopic (exact) mass is 316 g/mol. The number of piperidine rings is 1. The second-order valence-corrected chi connectivity index (χ2v) is 7.78. The van der Waals surface area contributed by atoms with Crippen LogP contribution in [0, 0.1) is 5.92 Å². The number of anilines is 1. The van der Waals surface area contributed by atoms with E-state index < -0.39 is 16.1 Å². The lowest BCUT2D eigenvalue weighted by Gasteiger charge is -2.33. The smallest absolute Gasteiger partial charge is 0.262 e. The number of nitrogens with zero attached hydrogens (tertiary/aromatic N) is 3. The summed E-state index contributed by atoms with van der Waals surface area (Å²) in [5.74, 6) is -0.0683. The third-order valence-corrected chi connectivity index (χ3v) is 6.31. The van der Waals surface area contributed by atoms with Gasteiger partial charge in [0.25, 0.3) is 10.0 Å². The summed E-state index contributed by atoms with van der Waals surface area (Å²) >= 11 is 1.33. The van der Waals surface area contributed by atoms with Gasteiger partial charge in [-0.2, -0.15) is 4.31 Å². The van der Waals surface area contributed by atoms with Crippen LogP contribution in [0.1, 0.15) is 13.3 Å². The summed E-state index contributed by atoms with van der Waals surface area (Å²) in [4.78, 5) is 4.63. The number of nitrogen functional groups attached to an aromatic ring is 1. The van der Waals surface area contributed by atoms with E-state index in [0.717, 1.165) is 0 Å². The first-order valence-electron chi connectivity index (χ1n) is 6.30. The molecule has 0 amide bonds. The number of fused-ring (bicyclic) bond motifs is 1. The molecule has 0 saturated carbocycles. The minimum absolute atomic E-state index is 0.0237. The molecule has 0 spiro atoms. The Kier molecular flexibility index (Phi) is 3.24. The molecular formula is C11H16N4O3S2. The van der Waals surface area contributed by atoms with Gasteiger partial charge >= 0.3 is 0 Å². The van der Waals surface area contributed by atoms with Crippen molar-refractivity contribution in [1.82, 2.24) is 13.7 Å². The van der Waals surface area contributed by atoms with Gasteiger partial charge in [0.15, 0.2) is 15.8 Å². The molecule has 0 aromatic carbocycles. The van der Waals surface area contributed by atoms with Crippen LogP contribution in [0.25, 0.3) is 4.96 Å². The van der Waals surface area contributed by atoms with Gasteiger partial charge in [-0.3, -0.25) is 4.40 Å². The fraction of sp³-hybridized carbons (Fsp3) is 0.545. The SMILES string of the molecule is CC1CN(S(=O)(=O)c2c(N)nc3sccn23)CCC1O. The van der Waals surface area contributed by atoms with Gasteiger partial charge in [0.1, 0.15) is 0 Å². The maximum Gasteiger partial charge on any atom is 0.262 e. The predicted octanol–water partition coefficient (Wildman–Crippen LogP) is 0.369. The van der Waals surface area contributed by atoms with E-state index in [2.05, 4.69) is 4.98 Å². The first-order valence-corrected chi connectivity index (χ1v) is 8.62. The molecule has 9 heteroatoms. The highest BCUT2D eigenvalue weighted by atomic mass is 32.2. The molecule has 7 nitrogen and oxygen atoms in total. The fourth-order valence-electron chi connectivity index (χ4n) is 2.47. The average molecular weight is 316 g/mol. The highest BCUT2D eigenvalue weighted by Crippen LogP contribution is 2.29. The van der Waals surface area contributed by atoms with Crippen LogP contribution in [-0.2, 0) is 10.0 Å². The van der Waals surface area contributed by atoms with E-state index in [1.54, 1.807) is 11.6 Å². The summed E-state index contributed by atoms with van der Waals surface area (Å²) in [5, 5.41) is 11.5. The average Bonchev–Trinajstić information content (AvgIpc) is 2.91. The van der Waals surface area contributed by atoms with Crippen LogP contribution in [0.2, 0.25) is 0 Å². The molecule has 3 N–H and O–H groups in total. The summed E-state index contributed by atoms with van der Waals surface area (Å²) in [5.41, 5.74) is 5.77. The van der Waals surface area contributed by atoms with Crippen molar-refractivity contribution in [2.45, 2.75) is 24.5 Å². The molecule has 0 radical (unpaired) electrons. The molecule has 110 valence electrons. The lowest BCUT2D eigenvalue weighted by Crippen LogP contribution is -2.45. The Balaban J connectivity index is 2.04. The Morgan fingerprint density at radius 3 is 3.00 bits per heavy atom. The fourth-order valence-corrected chi connectivity index (χ4v) is 4.98. The van der Waals surface area contributed by atoms with Crippen molar-refractivity contribution in [3.05, 3.63) is 11.6 Å². The van der Waals surface area contributed by atoms with E-state index in [-0.39, 0.29) is 16.8 Å². The number of sulfonamides is 1. The molecule has 3 rings (SSSR count). The molecule has 20 heavy (non-hydrogen) atoms. The Morgan fingerprint density at radius 1 is 1.55 bits per heavy atom. The number of hydrogen-bond acceptors (Lipinski definition) is 6. The zero-order valence-electron chi connectivity index (χ0n) is 10.9. The molecule has 2 aromatic rings. The normalized spacial score (nSPS) is 25.3. The van der Waals surface area contributed by atoms with Crippen molar-refractivity contribution < 1.29 is 13.5 Å². The van der Waals surface area contributed by atoms with Crippen LogP contribution < -0.4 is 5.73 Å². The number of nitrogens with two attached hydrogens (primary N) is 1. The molecule has 0 aliphatic carbocycles. The maximum atomic E-state index is 12.7. The Bertz CT molecular complexity index is 736. The molecule has 2 aromatic heterocycles. The van der Waals surface area contributed by atoms with Gasteiger partial charge in [-0.1, -0.05) is 6.92 Å². The Morgan fingerprint density at radius 2 is 2.30 bits per heavy atom. The van der Waals surface area contributed by atoms with E-state index >= 15 is 0 Å². The number of imidazole rings is 1. The third-order valence-electron chi connectivity index (χ3n) is 3.65. The zero-order valence-corrected chi connectivity index (χ0v) is 12.6. The number of thiazole rings is 1. The zero-order chi connectivity index (χ0) is 14.5. The molecule has 1 saturated heterocycles. The van der Waals surface area contributed by atoms with Crippen LogP contribution >= 0.6 is 11.3 Å². The first-order chi connectivity index (χ1) is 9.41. The summed E-state index contributed by atoms with van der Waals surface area (Å²) in [7, 11) is -3.70. The predicted molar refractivity (Wildman–Crippen MR) is 76.0 cm³/mol. The summed E-state index contributed by atoms with van der Waals surface area (Å²) < 4.78 is 28.4. The molecule has 3 heterocycles. The van der Waals surface area contributed by atoms with Crippen molar-refractivity contribution in [3.63, 3.8) is 0 Å². The number of aliphatic hydroxyl groups is 1. The molecule has 1 aliphatic heterocycles. The van der Waals surface area contributed by atoms with Gasteiger partial charge in [-0.05, 0) is 12.3 Å². The van der Waals surface area contributed by atoms with Gasteiger partial charge < -0.3 is 10.8 Å². The third kappa shape index (κ3) is 2.01. The lowest BCUT2D eigenvalue weighted by atomic mass is 9.99. The summed E-state index contributed by atoms with van der Waals surface area (Å²) in [6, 6.07) is 0. The van der Waals surface area contributed by atoms with Gasteiger partial charge in [0.05, 0.1) is 6.10 Å². The largest absolute Gasteiger partial charge is 0.393 e. The van der Waals surface area contributed by atoms with Crippen molar-refractivity contribution in [1.29, 1.82) is 0 Å². The van der Waals surface area contributed by atoms with E-state index in [4.69, 9.17) is 5.73 Å². The van der Waals surface area contributed by atoms with Crippen molar-refractivity contribution in [2.24, 2.45) is 5.92 Å². The second-order valence-electron chi connectivity index (χ2n) is 5.05. The van der Waals surface area contributed by atoms with Gasteiger partial charge in [0, 0.05) is 24.7 Å². The van der Waals surface area contributed by atoms with E-state index in [1.807, 2.05) is 6.92 Å². The van der Waals surface area contributed by atoms with Crippen LogP contribution in [0.5, 0.6) is 0 Å². The number of rotatable bonds is 2. The summed E-state index contributed by atoms with van der Waals surface area (Å²) in [6.07, 6.45) is 1.63. The highest BCUT2D eigenvalue weighted by molar-refractivity contribution is 7.89. The van der Waals surface area contributed by atoms with Crippen LogP contribution in [-0.4, -0.2) is 46.4 Å². The highest BCUT2D eigenvalue weighted by Gasteiger charge is 2.36. The maximum absolute atomic E-state index is 12.7. The minimum atomic E-state index is -3.70. The summed E-state index contributed by atoms with van der Waals surface area (Å²) in [6.45, 7) is 2.43. The van der Waals surface area contributed by atoms with Crippen LogP contribution in [0.4, 0.5) is 5.82 Å². The van der Waals surface area contributed by atoms with Crippen LogP contribution in [0.3, 0.4) is 0 Å². The topological polar surface area (TPSA) is 101 Å². The van der Waals surface area contributed by atoms with E-state index in [0.29, 0.717) is 24.5 Å². The molecular weight excluding hydrogens is 300 g/mol. The number of aliphatic hydroxyl groups excluding tert-OH is 1. The molecule has 2 atom stereocenters. The van der Waals surface area contributed by atoms with E-state index in [9.17, 15) is 13.5 Å². The molecule has 0 bridgehead atoms. The van der Waals surface area contributed by atoms with Gasteiger partial charge in [-0.15, -0.1) is 11.3 Å². The number of aromatic nitrogens is 2. The quantitative estimate of drug-likeness (QED) is 0.833. The second kappa shape index (κ2) is 4.69. The molecule has 2 unspecified atom stereocenters. The number of hydrogen-bond donors (Lipinski definition) is 2. The van der Waals surface area contributed by atoms with Gasteiger partial charge in [0.2, 0.25) is 0 Å². The first kappa shape index (κ1) is 13.8. The molecule has 1 aliphatic rings. The van der Waals surface area contributed by atoms with Crippen LogP contribution in [0.15, 0.2) is 16.6 Å². The Labute approximate surface area is 120 Å². The van der Waals surface area contributed by atoms with E-state index in [1.165, 1.54) is 20.0 Å².